The molecule has 2 N–H and O–H groups in total. The summed E-state index contributed by atoms with van der Waals surface area (Å²) in [5, 5.41) is 8.20. The Morgan fingerprint density at radius 2 is 1.90 bits per heavy atom. The molecule has 8 heterocycles. The topological polar surface area (TPSA) is 160 Å². The molecule has 4 saturated heterocycles. The lowest BCUT2D eigenvalue weighted by molar-refractivity contribution is -0.172. The van der Waals surface area contributed by atoms with Crippen molar-refractivity contribution in [3.8, 4) is 22.5 Å². The Bertz CT molecular complexity index is 2330. The number of aromatic nitrogens is 3. The first kappa shape index (κ1) is 43.7. The Kier molecular flexibility index (Phi) is 12.5. The van der Waals surface area contributed by atoms with Crippen molar-refractivity contribution in [1.29, 1.82) is 0 Å². The van der Waals surface area contributed by atoms with Crippen LogP contribution in [-0.2, 0) is 48.0 Å². The number of amides is 4. The second kappa shape index (κ2) is 17.7. The van der Waals surface area contributed by atoms with Gasteiger partial charge in [0.15, 0.2) is 0 Å². The molecular formula is C46H60N8O7S. The summed E-state index contributed by atoms with van der Waals surface area (Å²) in [6.07, 6.45) is 4.29. The molecule has 5 aliphatic rings. The van der Waals surface area contributed by atoms with E-state index in [1.54, 1.807) is 25.3 Å². The summed E-state index contributed by atoms with van der Waals surface area (Å²) in [6.45, 7) is 14.3. The fourth-order valence-corrected chi connectivity index (χ4v) is 10.5. The number of nitrogens with zero attached hydrogens (tertiary/aromatic N) is 6. The van der Waals surface area contributed by atoms with Gasteiger partial charge >= 0.3 is 12.0 Å². The zero-order valence-corrected chi connectivity index (χ0v) is 37.9. The SMILES string of the molecule is CCn1c(-c2cccnc2[C@H](C)OC)c2c3cc(ccc31)-c1csc(n1)C[C@H](NC(=O)C(C(C)C)N(C)C(=O)N1CC3CC(C1)O3)C(=O)N1CCC[C@H](N1)C(=O)OCC(C)(C)C2. The van der Waals surface area contributed by atoms with Crippen LogP contribution in [0, 0.1) is 11.3 Å². The summed E-state index contributed by atoms with van der Waals surface area (Å²) in [6, 6.07) is 7.56. The number of benzene rings is 1. The maximum atomic E-state index is 14.6. The van der Waals surface area contributed by atoms with E-state index in [-0.39, 0.29) is 43.3 Å². The lowest BCUT2D eigenvalue weighted by atomic mass is 9.84. The van der Waals surface area contributed by atoms with Crippen molar-refractivity contribution in [2.75, 3.05) is 40.4 Å². The number of cyclic esters (lactones) is 1. The van der Waals surface area contributed by atoms with Gasteiger partial charge < -0.3 is 33.9 Å². The normalized spacial score (nSPS) is 23.6. The van der Waals surface area contributed by atoms with Crippen LogP contribution in [0.4, 0.5) is 4.79 Å². The van der Waals surface area contributed by atoms with Crippen LogP contribution in [0.5, 0.6) is 0 Å². The minimum Gasteiger partial charge on any atom is -0.464 e. The second-order valence-electron chi connectivity index (χ2n) is 18.4. The summed E-state index contributed by atoms with van der Waals surface area (Å²) < 4.78 is 20.0. The molecule has 0 saturated carbocycles. The molecule has 3 aromatic heterocycles. The van der Waals surface area contributed by atoms with E-state index in [4.69, 9.17) is 24.2 Å². The molecule has 3 unspecified atom stereocenters. The number of carbonyl (C=O) groups excluding carboxylic acids is 4. The van der Waals surface area contributed by atoms with Crippen LogP contribution in [0.15, 0.2) is 41.9 Å². The van der Waals surface area contributed by atoms with Crippen molar-refractivity contribution < 1.29 is 33.4 Å². The number of fused-ring (bicyclic) bond motifs is 8. The zero-order valence-electron chi connectivity index (χ0n) is 37.1. The number of likely N-dealkylation sites (N-methyl/N-ethyl adjacent to an activating group) is 1. The molecule has 4 amide bonds. The third-order valence-corrected chi connectivity index (χ3v) is 13.7. The van der Waals surface area contributed by atoms with E-state index >= 15 is 0 Å². The van der Waals surface area contributed by atoms with Crippen molar-refractivity contribution in [2.24, 2.45) is 11.3 Å². The van der Waals surface area contributed by atoms with E-state index in [9.17, 15) is 19.2 Å². The molecule has 6 atom stereocenters. The number of hydrazine groups is 1. The quantitative estimate of drug-likeness (QED) is 0.209. The van der Waals surface area contributed by atoms with Crippen LogP contribution in [0.1, 0.15) is 83.2 Å². The van der Waals surface area contributed by atoms with Gasteiger partial charge in [-0.15, -0.1) is 11.3 Å². The number of thiazole rings is 1. The van der Waals surface area contributed by atoms with E-state index in [2.05, 4.69) is 60.3 Å². The van der Waals surface area contributed by atoms with Gasteiger partial charge in [-0.05, 0) is 68.9 Å². The number of carbonyl (C=O) groups is 4. The van der Waals surface area contributed by atoms with Gasteiger partial charge in [0.2, 0.25) is 5.91 Å². The van der Waals surface area contributed by atoms with E-state index in [1.807, 2.05) is 32.2 Å². The molecular weight excluding hydrogens is 809 g/mol. The largest absolute Gasteiger partial charge is 0.464 e. The summed E-state index contributed by atoms with van der Waals surface area (Å²) in [7, 11) is 3.33. The molecule has 0 aliphatic carbocycles. The predicted molar refractivity (Wildman–Crippen MR) is 236 cm³/mol. The molecule has 15 nitrogen and oxygen atoms in total. The summed E-state index contributed by atoms with van der Waals surface area (Å²) in [4.78, 5) is 69.6. The highest BCUT2D eigenvalue weighted by atomic mass is 32.1. The molecule has 4 fully saturated rings. The van der Waals surface area contributed by atoms with E-state index < -0.39 is 41.3 Å². The Morgan fingerprint density at radius 3 is 2.61 bits per heavy atom. The summed E-state index contributed by atoms with van der Waals surface area (Å²) in [5.74, 6) is -1.53. The number of morpholine rings is 1. The molecule has 1 aromatic carbocycles. The maximum absolute atomic E-state index is 14.6. The number of methoxy groups -OCH3 is 1. The van der Waals surface area contributed by atoms with Gasteiger partial charge in [0.05, 0.1) is 47.0 Å². The molecule has 9 rings (SSSR count). The molecule has 0 radical (unpaired) electrons. The monoisotopic (exact) mass is 868 g/mol. The van der Waals surface area contributed by atoms with Gasteiger partial charge in [0.1, 0.15) is 18.1 Å². The van der Waals surface area contributed by atoms with E-state index in [1.165, 1.54) is 21.2 Å². The number of pyridine rings is 1. The third-order valence-electron chi connectivity index (χ3n) is 12.8. The van der Waals surface area contributed by atoms with Crippen molar-refractivity contribution >= 4 is 46.1 Å². The number of hydrogen-bond acceptors (Lipinski definition) is 11. The van der Waals surface area contributed by atoms with Crippen LogP contribution >= 0.6 is 11.3 Å². The highest BCUT2D eigenvalue weighted by molar-refractivity contribution is 7.10. The Labute approximate surface area is 367 Å². The number of piperidine rings is 1. The maximum Gasteiger partial charge on any atom is 0.324 e. The molecule has 16 heteroatoms. The van der Waals surface area contributed by atoms with Crippen molar-refractivity contribution in [1.82, 2.24) is 40.1 Å². The predicted octanol–water partition coefficient (Wildman–Crippen LogP) is 5.75. The first-order valence-electron chi connectivity index (χ1n) is 22.0. The van der Waals surface area contributed by atoms with Crippen LogP contribution < -0.4 is 10.7 Å². The van der Waals surface area contributed by atoms with Crippen molar-refractivity contribution in [3.05, 3.63) is 58.2 Å². The highest BCUT2D eigenvalue weighted by Crippen LogP contribution is 2.42. The number of ether oxygens (including phenoxy) is 3. The van der Waals surface area contributed by atoms with Crippen LogP contribution in [0.25, 0.3) is 33.4 Å². The van der Waals surface area contributed by atoms with E-state index in [0.717, 1.165) is 51.1 Å². The first-order valence-corrected chi connectivity index (χ1v) is 22.8. The van der Waals surface area contributed by atoms with Gasteiger partial charge in [-0.25, -0.2) is 15.2 Å². The van der Waals surface area contributed by atoms with Gasteiger partial charge in [-0.3, -0.25) is 24.4 Å². The molecule has 5 aliphatic heterocycles. The Balaban J connectivity index is 1.17. The van der Waals surface area contributed by atoms with Gasteiger partial charge in [-0.2, -0.15) is 0 Å². The van der Waals surface area contributed by atoms with E-state index in [0.29, 0.717) is 50.4 Å². The smallest absolute Gasteiger partial charge is 0.324 e. The fourth-order valence-electron chi connectivity index (χ4n) is 9.60. The number of hydrogen-bond donors (Lipinski definition) is 2. The highest BCUT2D eigenvalue weighted by Gasteiger charge is 2.43. The number of aryl methyl sites for hydroxylation is 1. The molecule has 0 spiro atoms. The summed E-state index contributed by atoms with van der Waals surface area (Å²) >= 11 is 1.43. The minimum absolute atomic E-state index is 0.0268. The van der Waals surface area contributed by atoms with Gasteiger partial charge in [-0.1, -0.05) is 33.8 Å². The van der Waals surface area contributed by atoms with Crippen molar-refractivity contribution in [3.63, 3.8) is 0 Å². The fraction of sp³-hybridized carbons (Fsp3) is 0.565. The average Bonchev–Trinajstić information content (AvgIpc) is 3.85. The first-order chi connectivity index (χ1) is 29.7. The second-order valence-corrected chi connectivity index (χ2v) is 19.3. The number of esters is 1. The number of rotatable bonds is 8. The minimum atomic E-state index is -1.04. The van der Waals surface area contributed by atoms with Crippen LogP contribution in [-0.4, -0.2) is 124 Å². The molecule has 332 valence electrons. The Morgan fingerprint density at radius 1 is 1.15 bits per heavy atom. The van der Waals surface area contributed by atoms with Crippen LogP contribution in [0.3, 0.4) is 0 Å². The zero-order chi connectivity index (χ0) is 44.0. The Hall–Kier alpha value is -4.90. The van der Waals surface area contributed by atoms with Crippen molar-refractivity contribution in [2.45, 2.75) is 117 Å². The molecule has 4 aromatic rings. The molecule has 8 bridgehead atoms. The molecule has 62 heavy (non-hydrogen) atoms. The number of nitrogens with one attached hydrogen (secondary N) is 2. The summed E-state index contributed by atoms with van der Waals surface area (Å²) in [5.41, 5.74) is 9.38. The lowest BCUT2D eigenvalue weighted by Crippen LogP contribution is -2.64. The lowest BCUT2D eigenvalue weighted by Gasteiger charge is -2.48. The number of urea groups is 1. The standard InChI is InChI=1S/C46H60N8O7S/c1-9-53-37-15-14-28-18-32(37)33(41(53)31-12-10-16-47-39(31)27(4)59-8)21-46(5,6)25-60-44(57)34-13-11-17-54(50-34)43(56)35(20-38-48-36(28)24-62-38)49-42(55)40(26(2)3)51(7)45(58)52-22-29-19-30(23-52)61-29/h10,12,14-16,18,24,26-27,29-30,34-35,40,50H,9,11,13,17,19-23,25H2,1-8H3,(H,49,55)/t27-,29?,30?,34-,35-,40?/m0/s1. The van der Waals surface area contributed by atoms with Crippen LogP contribution in [0.2, 0.25) is 0 Å². The third kappa shape index (κ3) is 8.58. The van der Waals surface area contributed by atoms with Gasteiger partial charge in [0.25, 0.3) is 5.91 Å². The average molecular weight is 869 g/mol. The van der Waals surface area contributed by atoms with Gasteiger partial charge in [0, 0.05) is 92.2 Å².